The van der Waals surface area contributed by atoms with Gasteiger partial charge in [0.1, 0.15) is 6.04 Å². The van der Waals surface area contributed by atoms with E-state index in [1.807, 2.05) is 0 Å². The molecule has 2 heterocycles. The van der Waals surface area contributed by atoms with Crippen molar-refractivity contribution in [3.8, 4) is 0 Å². The molecule has 0 aliphatic rings. The Morgan fingerprint density at radius 3 is 2.90 bits per heavy atom. The van der Waals surface area contributed by atoms with Gasteiger partial charge < -0.3 is 10.4 Å². The van der Waals surface area contributed by atoms with Crippen molar-refractivity contribution in [2.24, 2.45) is 0 Å². The first-order chi connectivity index (χ1) is 9.58. The number of nitrogens with one attached hydrogen (secondary N) is 1. The first kappa shape index (κ1) is 13.7. The molecule has 0 aliphatic carbocycles. The lowest BCUT2D eigenvalue weighted by Gasteiger charge is -2.12. The van der Waals surface area contributed by atoms with Gasteiger partial charge in [-0.3, -0.25) is 9.48 Å². The molecule has 2 N–H and O–H groups in total. The molecule has 2 rings (SSSR count). The van der Waals surface area contributed by atoms with Crippen LogP contribution in [0.25, 0.3) is 0 Å². The molecule has 0 aromatic carbocycles. The van der Waals surface area contributed by atoms with Crippen molar-refractivity contribution in [2.45, 2.75) is 19.5 Å². The quantitative estimate of drug-likeness (QED) is 0.739. The number of hydrogen-bond donors (Lipinski definition) is 2. The Morgan fingerprint density at radius 1 is 1.50 bits per heavy atom. The van der Waals surface area contributed by atoms with Gasteiger partial charge in [0.25, 0.3) is 0 Å². The smallest absolute Gasteiger partial charge is 0.358 e. The van der Waals surface area contributed by atoms with E-state index >= 15 is 0 Å². The second-order valence-electron chi connectivity index (χ2n) is 4.13. The Morgan fingerprint density at radius 2 is 2.30 bits per heavy atom. The van der Waals surface area contributed by atoms with E-state index in [-0.39, 0.29) is 11.6 Å². The Kier molecular flexibility index (Phi) is 4.08. The van der Waals surface area contributed by atoms with Crippen LogP contribution in [-0.2, 0) is 11.3 Å². The number of carboxylic acids is 1. The van der Waals surface area contributed by atoms with Crippen LogP contribution in [0.4, 0.5) is 0 Å². The highest BCUT2D eigenvalue weighted by atomic mass is 16.4. The number of hydrogen-bond acceptors (Lipinski definition) is 5. The van der Waals surface area contributed by atoms with E-state index in [1.54, 1.807) is 30.1 Å². The molecule has 9 nitrogen and oxygen atoms in total. The molecule has 1 amide bonds. The molecule has 1 atom stereocenters. The van der Waals surface area contributed by atoms with Gasteiger partial charge in [0.15, 0.2) is 5.69 Å². The van der Waals surface area contributed by atoms with Crippen molar-refractivity contribution in [1.29, 1.82) is 0 Å². The summed E-state index contributed by atoms with van der Waals surface area (Å²) in [6.07, 6.45) is 4.62. The highest BCUT2D eigenvalue weighted by Crippen LogP contribution is 2.02. The van der Waals surface area contributed by atoms with Gasteiger partial charge in [0.05, 0.1) is 12.7 Å². The lowest BCUT2D eigenvalue weighted by Crippen LogP contribution is -2.33. The number of amides is 1. The highest BCUT2D eigenvalue weighted by molar-refractivity contribution is 5.84. The van der Waals surface area contributed by atoms with E-state index in [1.165, 1.54) is 10.9 Å². The summed E-state index contributed by atoms with van der Waals surface area (Å²) in [5.74, 6) is -1.31. The zero-order valence-electron chi connectivity index (χ0n) is 10.8. The zero-order chi connectivity index (χ0) is 14.5. The maximum absolute atomic E-state index is 11.8. The molecule has 2 aromatic rings. The molecule has 0 fully saturated rings. The van der Waals surface area contributed by atoms with Crippen LogP contribution >= 0.6 is 0 Å². The molecular weight excluding hydrogens is 264 g/mol. The van der Waals surface area contributed by atoms with Crippen LogP contribution in [-0.4, -0.2) is 48.3 Å². The molecule has 9 heteroatoms. The number of carbonyl (C=O) groups is 2. The molecule has 0 saturated carbocycles. The second-order valence-corrected chi connectivity index (χ2v) is 4.13. The average molecular weight is 278 g/mol. The summed E-state index contributed by atoms with van der Waals surface area (Å²) < 4.78 is 2.91. The normalized spacial score (nSPS) is 12.1. The first-order valence-corrected chi connectivity index (χ1v) is 5.98. The molecule has 2 aromatic heterocycles. The monoisotopic (exact) mass is 278 g/mol. The Hall–Kier alpha value is -2.71. The minimum absolute atomic E-state index is 0.124. The van der Waals surface area contributed by atoms with Crippen molar-refractivity contribution in [3.05, 3.63) is 30.4 Å². The standard InChI is InChI=1S/C11H14N6O3/c1-8(17-5-2-3-13-17)10(18)12-4-6-16-7-9(11(19)20)14-15-16/h2-3,5,7-8H,4,6H2,1H3,(H,12,18)(H,19,20). The van der Waals surface area contributed by atoms with Crippen LogP contribution in [0.3, 0.4) is 0 Å². The van der Waals surface area contributed by atoms with E-state index in [4.69, 9.17) is 5.11 Å². The Bertz CT molecular complexity index is 591. The molecule has 0 radical (unpaired) electrons. The molecule has 0 aliphatic heterocycles. The summed E-state index contributed by atoms with van der Waals surface area (Å²) in [5.41, 5.74) is -0.124. The first-order valence-electron chi connectivity index (χ1n) is 5.98. The van der Waals surface area contributed by atoms with Crippen LogP contribution < -0.4 is 5.32 Å². The van der Waals surface area contributed by atoms with E-state index in [9.17, 15) is 9.59 Å². The summed E-state index contributed by atoms with van der Waals surface area (Å²) in [6.45, 7) is 2.41. The molecule has 0 saturated heterocycles. The number of nitrogens with zero attached hydrogens (tertiary/aromatic N) is 5. The zero-order valence-corrected chi connectivity index (χ0v) is 10.8. The van der Waals surface area contributed by atoms with E-state index < -0.39 is 12.0 Å². The van der Waals surface area contributed by atoms with Crippen molar-refractivity contribution in [2.75, 3.05) is 6.54 Å². The topological polar surface area (TPSA) is 115 Å². The van der Waals surface area contributed by atoms with Crippen LogP contribution in [0.1, 0.15) is 23.5 Å². The lowest BCUT2D eigenvalue weighted by atomic mass is 10.3. The summed E-state index contributed by atoms with van der Waals surface area (Å²) in [7, 11) is 0. The molecule has 1 unspecified atom stereocenters. The van der Waals surface area contributed by atoms with Crippen molar-refractivity contribution >= 4 is 11.9 Å². The summed E-state index contributed by atoms with van der Waals surface area (Å²) in [6, 6.07) is 1.34. The van der Waals surface area contributed by atoms with Gasteiger partial charge in [-0.1, -0.05) is 5.21 Å². The fraction of sp³-hybridized carbons (Fsp3) is 0.364. The van der Waals surface area contributed by atoms with Gasteiger partial charge in [-0.05, 0) is 13.0 Å². The average Bonchev–Trinajstić information content (AvgIpc) is 3.08. The van der Waals surface area contributed by atoms with Gasteiger partial charge in [0.2, 0.25) is 5.91 Å². The molecular formula is C11H14N6O3. The third kappa shape index (κ3) is 3.19. The maximum atomic E-state index is 11.8. The summed E-state index contributed by atoms with van der Waals surface area (Å²) in [5, 5.41) is 22.5. The molecule has 0 bridgehead atoms. The minimum Gasteiger partial charge on any atom is -0.476 e. The van der Waals surface area contributed by atoms with Crippen LogP contribution in [0, 0.1) is 0 Å². The number of aromatic nitrogens is 5. The van der Waals surface area contributed by atoms with Gasteiger partial charge in [0, 0.05) is 18.9 Å². The van der Waals surface area contributed by atoms with Crippen molar-refractivity contribution in [1.82, 2.24) is 30.1 Å². The van der Waals surface area contributed by atoms with E-state index in [0.29, 0.717) is 13.1 Å². The third-order valence-electron chi connectivity index (χ3n) is 2.70. The predicted molar refractivity (Wildman–Crippen MR) is 66.9 cm³/mol. The number of carbonyl (C=O) groups excluding carboxylic acids is 1. The Balaban J connectivity index is 1.80. The summed E-state index contributed by atoms with van der Waals surface area (Å²) >= 11 is 0. The fourth-order valence-corrected chi connectivity index (χ4v) is 1.58. The Labute approximate surface area is 114 Å². The van der Waals surface area contributed by atoms with Crippen LogP contribution in [0.15, 0.2) is 24.7 Å². The van der Waals surface area contributed by atoms with Crippen molar-refractivity contribution in [3.63, 3.8) is 0 Å². The van der Waals surface area contributed by atoms with Crippen molar-refractivity contribution < 1.29 is 14.7 Å². The van der Waals surface area contributed by atoms with E-state index in [0.717, 1.165) is 0 Å². The van der Waals surface area contributed by atoms with Gasteiger partial charge >= 0.3 is 5.97 Å². The summed E-state index contributed by atoms with van der Waals surface area (Å²) in [4.78, 5) is 22.5. The maximum Gasteiger partial charge on any atom is 0.358 e. The number of aromatic carboxylic acids is 1. The SMILES string of the molecule is CC(C(=O)NCCn1cc(C(=O)O)nn1)n1cccn1. The van der Waals surface area contributed by atoms with Gasteiger partial charge in [-0.25, -0.2) is 9.48 Å². The van der Waals surface area contributed by atoms with Crippen LogP contribution in [0.5, 0.6) is 0 Å². The second kappa shape index (κ2) is 5.95. The number of rotatable bonds is 6. The van der Waals surface area contributed by atoms with E-state index in [2.05, 4.69) is 20.7 Å². The number of carboxylic acid groups (broad SMARTS) is 1. The molecule has 20 heavy (non-hydrogen) atoms. The predicted octanol–water partition coefficient (Wildman–Crippen LogP) is -0.450. The molecule has 0 spiro atoms. The van der Waals surface area contributed by atoms with Gasteiger partial charge in [-0.2, -0.15) is 5.10 Å². The lowest BCUT2D eigenvalue weighted by molar-refractivity contribution is -0.124. The largest absolute Gasteiger partial charge is 0.476 e. The fourth-order valence-electron chi connectivity index (χ4n) is 1.58. The van der Waals surface area contributed by atoms with Crippen LogP contribution in [0.2, 0.25) is 0 Å². The highest BCUT2D eigenvalue weighted by Gasteiger charge is 2.14. The minimum atomic E-state index is -1.13. The third-order valence-corrected chi connectivity index (χ3v) is 2.70. The molecule has 106 valence electrons. The van der Waals surface area contributed by atoms with Gasteiger partial charge in [-0.15, -0.1) is 5.10 Å².